The fourth-order valence-corrected chi connectivity index (χ4v) is 12.8. The number of thiophene rings is 1. The van der Waals surface area contributed by atoms with Crippen LogP contribution in [0.4, 0.5) is 28.4 Å². The molecule has 1 aromatic heterocycles. The van der Waals surface area contributed by atoms with Crippen molar-refractivity contribution < 1.29 is 4.74 Å². The molecule has 71 heavy (non-hydrogen) atoms. The van der Waals surface area contributed by atoms with Crippen molar-refractivity contribution in [1.82, 2.24) is 0 Å². The molecule has 1 atom stereocenters. The molecule has 336 valence electrons. The van der Waals surface area contributed by atoms with Crippen molar-refractivity contribution in [3.05, 3.63) is 289 Å². The lowest BCUT2D eigenvalue weighted by Gasteiger charge is -2.41. The predicted octanol–water partition coefficient (Wildman–Crippen LogP) is 18.2. The minimum atomic E-state index is -0.484. The fraction of sp³-hybridized carbons (Fsp3) is 0.0448. The molecular formula is C67H46N2OS. The molecule has 0 bridgehead atoms. The summed E-state index contributed by atoms with van der Waals surface area (Å²) in [5, 5.41) is 2.50. The Kier molecular flexibility index (Phi) is 9.75. The lowest BCUT2D eigenvalue weighted by atomic mass is 9.65. The Morgan fingerprint density at radius 3 is 1.51 bits per heavy atom. The van der Waals surface area contributed by atoms with Crippen molar-refractivity contribution in [1.29, 1.82) is 0 Å². The van der Waals surface area contributed by atoms with Crippen molar-refractivity contribution in [3.8, 4) is 33.8 Å². The number of allylic oxidation sites excluding steroid dienone is 2. The van der Waals surface area contributed by atoms with E-state index >= 15 is 0 Å². The SMILES string of the molecule is C1=C2C(=CCC1N(c1ccccc1)c1ccc3sc4ccc(N(c5cccc(-c6ccccc6)c5)c5cccc(-c6ccccc6)c5)cc4c3c1)C1(c3ccccc3Oc3ccccc31)c1ccccc12. The summed E-state index contributed by atoms with van der Waals surface area (Å²) in [7, 11) is 0. The van der Waals surface area contributed by atoms with Crippen LogP contribution in [-0.4, -0.2) is 6.04 Å². The smallest absolute Gasteiger partial charge is 0.132 e. The zero-order valence-electron chi connectivity index (χ0n) is 38.8. The largest absolute Gasteiger partial charge is 0.457 e. The summed E-state index contributed by atoms with van der Waals surface area (Å²) in [6.07, 6.45) is 5.92. The van der Waals surface area contributed by atoms with Gasteiger partial charge in [0.15, 0.2) is 0 Å². The number of nitrogens with zero attached hydrogens (tertiary/aromatic N) is 2. The van der Waals surface area contributed by atoms with Gasteiger partial charge in [-0.3, -0.25) is 0 Å². The first-order valence-electron chi connectivity index (χ1n) is 24.5. The monoisotopic (exact) mass is 926 g/mol. The molecule has 0 N–H and O–H groups in total. The van der Waals surface area contributed by atoms with Gasteiger partial charge >= 0.3 is 0 Å². The third-order valence-electron chi connectivity index (χ3n) is 14.8. The van der Waals surface area contributed by atoms with E-state index in [0.717, 1.165) is 40.7 Å². The Labute approximate surface area is 418 Å². The van der Waals surface area contributed by atoms with Gasteiger partial charge in [-0.25, -0.2) is 0 Å². The zero-order chi connectivity index (χ0) is 46.9. The van der Waals surface area contributed by atoms with Gasteiger partial charge in [-0.2, -0.15) is 0 Å². The Morgan fingerprint density at radius 2 is 0.887 bits per heavy atom. The van der Waals surface area contributed by atoms with Crippen molar-refractivity contribution in [2.45, 2.75) is 17.9 Å². The number of hydrogen-bond donors (Lipinski definition) is 0. The van der Waals surface area contributed by atoms with Gasteiger partial charge in [0.2, 0.25) is 0 Å². The zero-order valence-corrected chi connectivity index (χ0v) is 39.6. The van der Waals surface area contributed by atoms with Crippen LogP contribution >= 0.6 is 11.3 Å². The first-order chi connectivity index (χ1) is 35.2. The molecule has 2 heterocycles. The van der Waals surface area contributed by atoms with Crippen LogP contribution in [-0.2, 0) is 5.41 Å². The average Bonchev–Trinajstić information content (AvgIpc) is 3.95. The second kappa shape index (κ2) is 16.8. The molecule has 10 aromatic carbocycles. The Balaban J connectivity index is 0.907. The summed E-state index contributed by atoms with van der Waals surface area (Å²) in [4.78, 5) is 4.98. The van der Waals surface area contributed by atoms with Gasteiger partial charge < -0.3 is 14.5 Å². The molecular weight excluding hydrogens is 881 g/mol. The highest BCUT2D eigenvalue weighted by Gasteiger charge is 2.53. The Hall–Kier alpha value is -8.70. The first-order valence-corrected chi connectivity index (χ1v) is 25.3. The molecule has 4 heteroatoms. The van der Waals surface area contributed by atoms with Crippen LogP contribution in [0.3, 0.4) is 0 Å². The molecule has 14 rings (SSSR count). The Bertz CT molecular complexity index is 3780. The molecule has 1 aliphatic heterocycles. The van der Waals surface area contributed by atoms with E-state index in [2.05, 4.69) is 271 Å². The maximum Gasteiger partial charge on any atom is 0.132 e. The molecule has 1 spiro atoms. The summed E-state index contributed by atoms with van der Waals surface area (Å²) in [5.74, 6) is 1.83. The van der Waals surface area contributed by atoms with Crippen molar-refractivity contribution in [3.63, 3.8) is 0 Å². The number of ether oxygens (including phenoxy) is 1. The van der Waals surface area contributed by atoms with Gasteiger partial charge in [0.05, 0.1) is 11.5 Å². The van der Waals surface area contributed by atoms with Crippen LogP contribution in [0.15, 0.2) is 266 Å². The highest BCUT2D eigenvalue weighted by molar-refractivity contribution is 7.25. The van der Waals surface area contributed by atoms with Gasteiger partial charge in [0, 0.05) is 59.7 Å². The van der Waals surface area contributed by atoms with Crippen LogP contribution < -0.4 is 14.5 Å². The molecule has 0 fully saturated rings. The number of rotatable bonds is 8. The molecule has 11 aromatic rings. The van der Waals surface area contributed by atoms with E-state index in [1.165, 1.54) is 81.5 Å². The topological polar surface area (TPSA) is 15.7 Å². The minimum absolute atomic E-state index is 0.0480. The average molecular weight is 927 g/mol. The number of hydrogen-bond acceptors (Lipinski definition) is 4. The quantitative estimate of drug-likeness (QED) is 0.151. The van der Waals surface area contributed by atoms with Crippen molar-refractivity contribution in [2.75, 3.05) is 9.80 Å². The van der Waals surface area contributed by atoms with E-state index in [9.17, 15) is 0 Å². The van der Waals surface area contributed by atoms with E-state index in [4.69, 9.17) is 4.74 Å². The van der Waals surface area contributed by atoms with Crippen LogP contribution in [0.25, 0.3) is 48.0 Å². The summed E-state index contributed by atoms with van der Waals surface area (Å²) >= 11 is 1.86. The maximum atomic E-state index is 6.64. The van der Waals surface area contributed by atoms with Gasteiger partial charge in [-0.1, -0.05) is 176 Å². The number of para-hydroxylation sites is 3. The van der Waals surface area contributed by atoms with Gasteiger partial charge in [-0.15, -0.1) is 11.3 Å². The van der Waals surface area contributed by atoms with Crippen LogP contribution in [0.1, 0.15) is 28.7 Å². The van der Waals surface area contributed by atoms with Gasteiger partial charge in [0.25, 0.3) is 0 Å². The molecule has 0 saturated heterocycles. The maximum absolute atomic E-state index is 6.64. The summed E-state index contributed by atoms with van der Waals surface area (Å²) in [6.45, 7) is 0. The molecule has 0 saturated carbocycles. The fourth-order valence-electron chi connectivity index (χ4n) is 11.8. The number of anilines is 5. The number of fused-ring (bicyclic) bond motifs is 12. The standard InChI is InChI=1S/C67H46N2OS/c1-4-18-45(19-5-1)47-22-16-26-50(40-47)69(51-27-17-23-48(41-51)46-20-6-2-7-21-46)54-36-39-66-58(44-54)57-43-53(35-38-65(57)71-66)68(49-24-8-3-9-25-49)52-34-37-60-56(42-52)55-28-10-11-29-59(55)67(60)61-30-12-14-32-63(61)70-64-33-15-13-31-62(64)67/h1-33,35-44,52H,34H2. The minimum Gasteiger partial charge on any atom is -0.457 e. The van der Waals surface area contributed by atoms with Crippen molar-refractivity contribution in [2.24, 2.45) is 0 Å². The number of benzene rings is 10. The molecule has 2 aliphatic carbocycles. The lowest BCUT2D eigenvalue weighted by Crippen LogP contribution is -2.35. The molecule has 3 nitrogen and oxygen atoms in total. The van der Waals surface area contributed by atoms with Crippen LogP contribution in [0.2, 0.25) is 0 Å². The van der Waals surface area contributed by atoms with Crippen molar-refractivity contribution >= 4 is 65.5 Å². The third-order valence-corrected chi connectivity index (χ3v) is 16.0. The molecule has 0 amide bonds. The molecule has 0 radical (unpaired) electrons. The predicted molar refractivity (Wildman–Crippen MR) is 297 cm³/mol. The van der Waals surface area contributed by atoms with Gasteiger partial charge in [-0.05, 0) is 136 Å². The second-order valence-electron chi connectivity index (χ2n) is 18.7. The second-order valence-corrected chi connectivity index (χ2v) is 19.8. The van der Waals surface area contributed by atoms with E-state index in [1.807, 2.05) is 11.3 Å². The summed E-state index contributed by atoms with van der Waals surface area (Å²) < 4.78 is 9.18. The summed E-state index contributed by atoms with van der Waals surface area (Å²) in [6, 6.07) is 90.6. The van der Waals surface area contributed by atoms with Crippen LogP contribution in [0.5, 0.6) is 11.5 Å². The van der Waals surface area contributed by atoms with E-state index in [0.29, 0.717) is 0 Å². The van der Waals surface area contributed by atoms with Gasteiger partial charge in [0.1, 0.15) is 11.5 Å². The molecule has 1 unspecified atom stereocenters. The van der Waals surface area contributed by atoms with E-state index in [1.54, 1.807) is 0 Å². The highest BCUT2D eigenvalue weighted by atomic mass is 32.1. The van der Waals surface area contributed by atoms with E-state index in [-0.39, 0.29) is 6.04 Å². The lowest BCUT2D eigenvalue weighted by molar-refractivity contribution is 0.436. The normalized spacial score (nSPS) is 15.0. The first kappa shape index (κ1) is 41.3. The summed E-state index contributed by atoms with van der Waals surface area (Å²) in [5.41, 5.74) is 17.5. The third kappa shape index (κ3) is 6.71. The Morgan fingerprint density at radius 1 is 0.408 bits per heavy atom. The highest BCUT2D eigenvalue weighted by Crippen LogP contribution is 2.64. The molecule has 3 aliphatic rings. The van der Waals surface area contributed by atoms with Crippen LogP contribution in [0, 0.1) is 0 Å². The van der Waals surface area contributed by atoms with E-state index < -0.39 is 5.41 Å².